The predicted molar refractivity (Wildman–Crippen MR) is 86.3 cm³/mol. The average Bonchev–Trinajstić information content (AvgIpc) is 2.47. The number of hydrogen-bond acceptors (Lipinski definition) is 2. The van der Waals surface area contributed by atoms with E-state index in [2.05, 4.69) is 26.6 Å². The summed E-state index contributed by atoms with van der Waals surface area (Å²) in [6.07, 6.45) is 0. The lowest BCUT2D eigenvalue weighted by atomic mass is 10.1. The van der Waals surface area contributed by atoms with Gasteiger partial charge in [0.25, 0.3) is 5.91 Å². The Morgan fingerprint density at radius 1 is 1.20 bits per heavy atom. The third kappa shape index (κ3) is 3.74. The number of benzene rings is 2. The van der Waals surface area contributed by atoms with Crippen LogP contribution in [0.5, 0.6) is 0 Å². The molecule has 20 heavy (non-hydrogen) atoms. The number of hydrogen-bond donors (Lipinski definition) is 2. The highest BCUT2D eigenvalue weighted by Crippen LogP contribution is 2.21. The second-order valence-electron chi connectivity index (χ2n) is 4.25. The van der Waals surface area contributed by atoms with Gasteiger partial charge in [-0.3, -0.25) is 4.79 Å². The maximum atomic E-state index is 11.7. The number of rotatable bonds is 4. The van der Waals surface area contributed by atoms with Crippen molar-refractivity contribution in [3.05, 3.63) is 63.1 Å². The fourth-order valence-electron chi connectivity index (χ4n) is 1.75. The molecule has 0 bridgehead atoms. The zero-order valence-electron chi connectivity index (χ0n) is 10.9. The summed E-state index contributed by atoms with van der Waals surface area (Å²) in [5.74, 6) is -0.192. The van der Waals surface area contributed by atoms with Crippen molar-refractivity contribution in [1.82, 2.24) is 5.32 Å². The van der Waals surface area contributed by atoms with Crippen LogP contribution in [0.4, 0.5) is 5.69 Å². The molecule has 1 amide bonds. The smallest absolute Gasteiger partial charge is 0.252 e. The van der Waals surface area contributed by atoms with Gasteiger partial charge in [0, 0.05) is 23.8 Å². The number of carbonyl (C=O) groups is 1. The maximum Gasteiger partial charge on any atom is 0.252 e. The standard InChI is InChI=1S/C15H14BrClN2O/c1-18-15(20)13-8-12(6-7-14(13)17)19-9-10-2-4-11(16)5-3-10/h2-8,19H,9H2,1H3,(H,18,20). The van der Waals surface area contributed by atoms with E-state index in [1.165, 1.54) is 0 Å². The Labute approximate surface area is 131 Å². The predicted octanol–water partition coefficient (Wildman–Crippen LogP) is 4.07. The Kier molecular flexibility index (Phi) is 5.04. The summed E-state index contributed by atoms with van der Waals surface area (Å²) in [5, 5.41) is 6.29. The van der Waals surface area contributed by atoms with E-state index in [-0.39, 0.29) is 5.91 Å². The monoisotopic (exact) mass is 352 g/mol. The van der Waals surface area contributed by atoms with Crippen LogP contribution in [-0.4, -0.2) is 13.0 Å². The molecule has 0 radical (unpaired) electrons. The van der Waals surface area contributed by atoms with Crippen LogP contribution < -0.4 is 10.6 Å². The van der Waals surface area contributed by atoms with Crippen molar-refractivity contribution in [3.8, 4) is 0 Å². The van der Waals surface area contributed by atoms with Crippen LogP contribution in [0.2, 0.25) is 5.02 Å². The molecular weight excluding hydrogens is 340 g/mol. The molecule has 0 spiro atoms. The maximum absolute atomic E-state index is 11.7. The number of halogens is 2. The molecule has 0 aliphatic heterocycles. The summed E-state index contributed by atoms with van der Waals surface area (Å²) in [5.41, 5.74) is 2.48. The molecule has 3 nitrogen and oxygen atoms in total. The van der Waals surface area contributed by atoms with Crippen LogP contribution in [0.25, 0.3) is 0 Å². The van der Waals surface area contributed by atoms with Crippen molar-refractivity contribution in [1.29, 1.82) is 0 Å². The quantitative estimate of drug-likeness (QED) is 0.870. The van der Waals surface area contributed by atoms with Crippen molar-refractivity contribution in [2.75, 3.05) is 12.4 Å². The molecule has 0 atom stereocenters. The lowest BCUT2D eigenvalue weighted by Crippen LogP contribution is -2.18. The van der Waals surface area contributed by atoms with Gasteiger partial charge in [-0.25, -0.2) is 0 Å². The van der Waals surface area contributed by atoms with Gasteiger partial charge >= 0.3 is 0 Å². The molecule has 2 rings (SSSR count). The van der Waals surface area contributed by atoms with E-state index < -0.39 is 0 Å². The van der Waals surface area contributed by atoms with Crippen molar-refractivity contribution < 1.29 is 4.79 Å². The van der Waals surface area contributed by atoms with E-state index in [1.54, 1.807) is 19.2 Å². The van der Waals surface area contributed by atoms with E-state index >= 15 is 0 Å². The average molecular weight is 354 g/mol. The third-order valence-corrected chi connectivity index (χ3v) is 3.71. The molecule has 0 heterocycles. The van der Waals surface area contributed by atoms with Gasteiger partial charge in [0.05, 0.1) is 10.6 Å². The number of nitrogens with one attached hydrogen (secondary N) is 2. The number of amides is 1. The summed E-state index contributed by atoms with van der Waals surface area (Å²) < 4.78 is 1.05. The highest BCUT2D eigenvalue weighted by molar-refractivity contribution is 9.10. The fraction of sp³-hybridized carbons (Fsp3) is 0.133. The first-order chi connectivity index (χ1) is 9.60. The molecule has 2 N–H and O–H groups in total. The van der Waals surface area contributed by atoms with Gasteiger partial charge in [-0.1, -0.05) is 39.7 Å². The lowest BCUT2D eigenvalue weighted by Gasteiger charge is -2.09. The summed E-state index contributed by atoms with van der Waals surface area (Å²) in [7, 11) is 1.58. The minimum atomic E-state index is -0.192. The van der Waals surface area contributed by atoms with Crippen molar-refractivity contribution >= 4 is 39.1 Å². The van der Waals surface area contributed by atoms with Crippen molar-refractivity contribution in [2.45, 2.75) is 6.54 Å². The van der Waals surface area contributed by atoms with Gasteiger partial charge in [0.15, 0.2) is 0 Å². The number of anilines is 1. The summed E-state index contributed by atoms with van der Waals surface area (Å²) in [6, 6.07) is 13.4. The molecule has 2 aromatic rings. The highest BCUT2D eigenvalue weighted by atomic mass is 79.9. The first kappa shape index (κ1) is 14.9. The molecule has 5 heteroatoms. The Balaban J connectivity index is 2.10. The second kappa shape index (κ2) is 6.77. The van der Waals surface area contributed by atoms with Crippen molar-refractivity contribution in [2.24, 2.45) is 0 Å². The van der Waals surface area contributed by atoms with E-state index in [1.807, 2.05) is 30.3 Å². The molecule has 0 fully saturated rings. The van der Waals surface area contributed by atoms with Gasteiger partial charge in [0.2, 0.25) is 0 Å². The zero-order valence-corrected chi connectivity index (χ0v) is 13.3. The third-order valence-electron chi connectivity index (χ3n) is 2.85. The summed E-state index contributed by atoms with van der Waals surface area (Å²) >= 11 is 9.41. The SMILES string of the molecule is CNC(=O)c1cc(NCc2ccc(Br)cc2)ccc1Cl. The Hall–Kier alpha value is -1.52. The summed E-state index contributed by atoms with van der Waals surface area (Å²) in [6.45, 7) is 0.683. The van der Waals surface area contributed by atoms with Crippen LogP contribution >= 0.6 is 27.5 Å². The Morgan fingerprint density at radius 3 is 2.55 bits per heavy atom. The molecule has 0 aromatic heterocycles. The second-order valence-corrected chi connectivity index (χ2v) is 5.58. The van der Waals surface area contributed by atoms with Gasteiger partial charge in [-0.15, -0.1) is 0 Å². The van der Waals surface area contributed by atoms with Gasteiger partial charge in [-0.2, -0.15) is 0 Å². The van der Waals surface area contributed by atoms with Crippen molar-refractivity contribution in [3.63, 3.8) is 0 Å². The van der Waals surface area contributed by atoms with Crippen LogP contribution in [0.3, 0.4) is 0 Å². The van der Waals surface area contributed by atoms with E-state index in [0.29, 0.717) is 17.1 Å². The van der Waals surface area contributed by atoms with E-state index in [0.717, 1.165) is 15.7 Å². The zero-order chi connectivity index (χ0) is 14.5. The lowest BCUT2D eigenvalue weighted by molar-refractivity contribution is 0.0963. The van der Waals surface area contributed by atoms with Gasteiger partial charge < -0.3 is 10.6 Å². The Bertz CT molecular complexity index is 614. The van der Waals surface area contributed by atoms with Crippen LogP contribution in [-0.2, 0) is 6.54 Å². The first-order valence-electron chi connectivity index (χ1n) is 6.10. The topological polar surface area (TPSA) is 41.1 Å². The molecule has 104 valence electrons. The Morgan fingerprint density at radius 2 is 1.90 bits per heavy atom. The van der Waals surface area contributed by atoms with Crippen LogP contribution in [0, 0.1) is 0 Å². The number of carbonyl (C=O) groups excluding carboxylic acids is 1. The molecule has 0 saturated heterocycles. The molecule has 0 aliphatic carbocycles. The largest absolute Gasteiger partial charge is 0.381 e. The molecule has 0 unspecified atom stereocenters. The normalized spacial score (nSPS) is 10.2. The van der Waals surface area contributed by atoms with Crippen LogP contribution in [0.1, 0.15) is 15.9 Å². The molecule has 2 aromatic carbocycles. The van der Waals surface area contributed by atoms with Gasteiger partial charge in [-0.05, 0) is 35.9 Å². The van der Waals surface area contributed by atoms with Gasteiger partial charge in [0.1, 0.15) is 0 Å². The first-order valence-corrected chi connectivity index (χ1v) is 7.27. The molecule has 0 aliphatic rings. The fourth-order valence-corrected chi connectivity index (χ4v) is 2.22. The van der Waals surface area contributed by atoms with E-state index in [4.69, 9.17) is 11.6 Å². The van der Waals surface area contributed by atoms with E-state index in [9.17, 15) is 4.79 Å². The highest BCUT2D eigenvalue weighted by Gasteiger charge is 2.09. The minimum Gasteiger partial charge on any atom is -0.381 e. The summed E-state index contributed by atoms with van der Waals surface area (Å²) in [4.78, 5) is 11.7. The van der Waals surface area contributed by atoms with Crippen LogP contribution in [0.15, 0.2) is 46.9 Å². The minimum absolute atomic E-state index is 0.192. The molecular formula is C15H14BrClN2O. The molecule has 0 saturated carbocycles.